The van der Waals surface area contributed by atoms with Gasteiger partial charge in [0.25, 0.3) is 0 Å². The number of hydrogen-bond acceptors (Lipinski definition) is 5. The van der Waals surface area contributed by atoms with E-state index in [1.165, 1.54) is 19.5 Å². The topological polar surface area (TPSA) is 86.5 Å². The molecule has 2 rings (SSSR count). The number of methoxy groups -OCH3 is 1. The molecule has 7 nitrogen and oxygen atoms in total. The fourth-order valence-corrected chi connectivity index (χ4v) is 1.74. The van der Waals surface area contributed by atoms with Gasteiger partial charge in [-0.3, -0.25) is 0 Å². The molecule has 0 aliphatic rings. The molecular weight excluding hydrogens is 262 g/mol. The molecule has 0 fully saturated rings. The summed E-state index contributed by atoms with van der Waals surface area (Å²) in [5.74, 6) is 0.297. The number of aromatic nitrogens is 3. The zero-order chi connectivity index (χ0) is 14.5. The highest BCUT2D eigenvalue weighted by atomic mass is 16.5. The largest absolute Gasteiger partial charge is 0.497 e. The standard InChI is InChI=1S/C13H15N3O4/c1-3-16-12(14-8-15-16)7-20-11-5-4-9(19-2)6-10(11)13(17)18/h4-6,8H,3,7H2,1-2H3,(H,17,18). The minimum atomic E-state index is -1.07. The second-order valence-corrected chi connectivity index (χ2v) is 3.95. The smallest absolute Gasteiger partial charge is 0.339 e. The lowest BCUT2D eigenvalue weighted by Gasteiger charge is -2.10. The third-order valence-electron chi connectivity index (χ3n) is 2.77. The quantitative estimate of drug-likeness (QED) is 0.862. The number of nitrogens with zero attached hydrogens (tertiary/aromatic N) is 3. The number of ether oxygens (including phenoxy) is 2. The lowest BCUT2D eigenvalue weighted by atomic mass is 10.2. The number of carboxylic acid groups (broad SMARTS) is 1. The molecule has 2 aromatic rings. The third-order valence-corrected chi connectivity index (χ3v) is 2.77. The fraction of sp³-hybridized carbons (Fsp3) is 0.308. The molecule has 0 aliphatic carbocycles. The minimum absolute atomic E-state index is 0.0481. The van der Waals surface area contributed by atoms with E-state index in [-0.39, 0.29) is 17.9 Å². The number of aryl methyl sites for hydroxylation is 1. The van der Waals surface area contributed by atoms with Crippen LogP contribution in [0, 0.1) is 0 Å². The molecule has 1 heterocycles. The van der Waals surface area contributed by atoms with Crippen molar-refractivity contribution >= 4 is 5.97 Å². The molecule has 0 saturated carbocycles. The lowest BCUT2D eigenvalue weighted by molar-refractivity contribution is 0.0691. The maximum atomic E-state index is 11.2. The van der Waals surface area contributed by atoms with Crippen LogP contribution in [0.25, 0.3) is 0 Å². The summed E-state index contributed by atoms with van der Waals surface area (Å²) in [6.07, 6.45) is 1.44. The summed E-state index contributed by atoms with van der Waals surface area (Å²) >= 11 is 0. The Bertz CT molecular complexity index is 609. The first kappa shape index (κ1) is 13.9. The van der Waals surface area contributed by atoms with E-state index in [0.717, 1.165) is 0 Å². The van der Waals surface area contributed by atoms with Crippen molar-refractivity contribution in [1.82, 2.24) is 14.8 Å². The molecule has 20 heavy (non-hydrogen) atoms. The third kappa shape index (κ3) is 2.87. The molecule has 1 N–H and O–H groups in total. The second-order valence-electron chi connectivity index (χ2n) is 3.95. The molecule has 0 atom stereocenters. The molecular formula is C13H15N3O4. The molecule has 7 heteroatoms. The Morgan fingerprint density at radius 2 is 2.25 bits per heavy atom. The van der Waals surface area contributed by atoms with Crippen molar-refractivity contribution < 1.29 is 19.4 Å². The summed E-state index contributed by atoms with van der Waals surface area (Å²) in [6, 6.07) is 4.63. The van der Waals surface area contributed by atoms with Gasteiger partial charge in [-0.15, -0.1) is 0 Å². The van der Waals surface area contributed by atoms with E-state index >= 15 is 0 Å². The van der Waals surface area contributed by atoms with E-state index < -0.39 is 5.97 Å². The normalized spacial score (nSPS) is 10.3. The van der Waals surface area contributed by atoms with Crippen molar-refractivity contribution in [2.45, 2.75) is 20.1 Å². The number of carboxylic acids is 1. The minimum Gasteiger partial charge on any atom is -0.497 e. The van der Waals surface area contributed by atoms with Crippen molar-refractivity contribution in [3.8, 4) is 11.5 Å². The average molecular weight is 277 g/mol. The molecule has 0 aliphatic heterocycles. The van der Waals surface area contributed by atoms with Crippen molar-refractivity contribution in [1.29, 1.82) is 0 Å². The van der Waals surface area contributed by atoms with Crippen LogP contribution in [0.15, 0.2) is 24.5 Å². The fourth-order valence-electron chi connectivity index (χ4n) is 1.74. The summed E-state index contributed by atoms with van der Waals surface area (Å²) in [7, 11) is 1.48. The predicted molar refractivity (Wildman–Crippen MR) is 70.0 cm³/mol. The molecule has 0 spiro atoms. The summed E-state index contributed by atoms with van der Waals surface area (Å²) in [5, 5.41) is 13.2. The van der Waals surface area contributed by atoms with E-state index in [1.807, 2.05) is 6.92 Å². The maximum absolute atomic E-state index is 11.2. The van der Waals surface area contributed by atoms with Crippen LogP contribution < -0.4 is 9.47 Å². The first-order valence-corrected chi connectivity index (χ1v) is 6.06. The predicted octanol–water partition coefficient (Wildman–Crippen LogP) is 1.58. The Morgan fingerprint density at radius 3 is 2.90 bits per heavy atom. The van der Waals surface area contributed by atoms with Crippen LogP contribution in [0.5, 0.6) is 11.5 Å². The Kier molecular flexibility index (Phi) is 4.19. The van der Waals surface area contributed by atoms with E-state index in [0.29, 0.717) is 18.1 Å². The number of hydrogen-bond donors (Lipinski definition) is 1. The number of aromatic carboxylic acids is 1. The highest BCUT2D eigenvalue weighted by Gasteiger charge is 2.14. The van der Waals surface area contributed by atoms with Gasteiger partial charge < -0.3 is 14.6 Å². The summed E-state index contributed by atoms with van der Waals surface area (Å²) in [5.41, 5.74) is 0.0481. The van der Waals surface area contributed by atoms with Crippen molar-refractivity contribution in [2.24, 2.45) is 0 Å². The van der Waals surface area contributed by atoms with Gasteiger partial charge in [-0.1, -0.05) is 0 Å². The Labute approximate surface area is 115 Å². The second kappa shape index (κ2) is 6.05. The highest BCUT2D eigenvalue weighted by molar-refractivity contribution is 5.91. The molecule has 0 bridgehead atoms. The number of carbonyl (C=O) groups is 1. The van der Waals surface area contributed by atoms with Crippen LogP contribution in [-0.4, -0.2) is 33.0 Å². The molecule has 0 saturated heterocycles. The number of rotatable bonds is 6. The number of benzene rings is 1. The van der Waals surface area contributed by atoms with Crippen molar-refractivity contribution in [3.05, 3.63) is 35.9 Å². The van der Waals surface area contributed by atoms with Crippen LogP contribution in [0.1, 0.15) is 23.1 Å². The zero-order valence-corrected chi connectivity index (χ0v) is 11.2. The molecule has 1 aromatic heterocycles. The van der Waals surface area contributed by atoms with Gasteiger partial charge >= 0.3 is 5.97 Å². The molecule has 106 valence electrons. The summed E-state index contributed by atoms with van der Waals surface area (Å²) in [4.78, 5) is 15.3. The molecule has 0 radical (unpaired) electrons. The van der Waals surface area contributed by atoms with E-state index in [1.54, 1.807) is 16.8 Å². The van der Waals surface area contributed by atoms with Gasteiger partial charge in [0.05, 0.1) is 7.11 Å². The highest BCUT2D eigenvalue weighted by Crippen LogP contribution is 2.24. The molecule has 1 aromatic carbocycles. The van der Waals surface area contributed by atoms with Crippen LogP contribution in [0.4, 0.5) is 0 Å². The van der Waals surface area contributed by atoms with Crippen molar-refractivity contribution in [2.75, 3.05) is 7.11 Å². The lowest BCUT2D eigenvalue weighted by Crippen LogP contribution is -2.09. The van der Waals surface area contributed by atoms with E-state index in [9.17, 15) is 9.90 Å². The van der Waals surface area contributed by atoms with Crippen LogP contribution >= 0.6 is 0 Å². The average Bonchev–Trinajstić information content (AvgIpc) is 2.92. The maximum Gasteiger partial charge on any atom is 0.339 e. The SMILES string of the molecule is CCn1ncnc1COc1ccc(OC)cc1C(=O)O. The van der Waals surface area contributed by atoms with Gasteiger partial charge in [-0.05, 0) is 25.1 Å². The van der Waals surface area contributed by atoms with Gasteiger partial charge in [0.2, 0.25) is 0 Å². The summed E-state index contributed by atoms with van der Waals surface area (Å²) in [6.45, 7) is 2.77. The molecule has 0 unspecified atom stereocenters. The Balaban J connectivity index is 2.19. The van der Waals surface area contributed by atoms with E-state index in [4.69, 9.17) is 9.47 Å². The van der Waals surface area contributed by atoms with Gasteiger partial charge in [0, 0.05) is 6.54 Å². The van der Waals surface area contributed by atoms with Gasteiger partial charge in [0.15, 0.2) is 5.82 Å². The monoisotopic (exact) mass is 277 g/mol. The van der Waals surface area contributed by atoms with Crippen LogP contribution in [0.2, 0.25) is 0 Å². The van der Waals surface area contributed by atoms with Crippen molar-refractivity contribution in [3.63, 3.8) is 0 Å². The Morgan fingerprint density at radius 1 is 1.45 bits per heavy atom. The van der Waals surface area contributed by atoms with Gasteiger partial charge in [-0.25, -0.2) is 14.5 Å². The Hall–Kier alpha value is -2.57. The first-order chi connectivity index (χ1) is 9.65. The first-order valence-electron chi connectivity index (χ1n) is 6.06. The van der Waals surface area contributed by atoms with Crippen LogP contribution in [0.3, 0.4) is 0 Å². The van der Waals surface area contributed by atoms with Crippen LogP contribution in [-0.2, 0) is 13.2 Å². The van der Waals surface area contributed by atoms with E-state index in [2.05, 4.69) is 10.1 Å². The van der Waals surface area contributed by atoms with Gasteiger partial charge in [0.1, 0.15) is 30.0 Å². The zero-order valence-electron chi connectivity index (χ0n) is 11.2. The van der Waals surface area contributed by atoms with Gasteiger partial charge in [-0.2, -0.15) is 5.10 Å². The molecule has 0 amide bonds. The summed E-state index contributed by atoms with van der Waals surface area (Å²) < 4.78 is 12.2.